The zero-order valence-corrected chi connectivity index (χ0v) is 19.6. The monoisotopic (exact) mass is 503 g/mol. The van der Waals surface area contributed by atoms with Crippen LogP contribution in [0.1, 0.15) is 53.4 Å². The molecule has 9 heteroatoms. The normalized spacial score (nSPS) is 21.5. The van der Waals surface area contributed by atoms with Crippen LogP contribution in [-0.2, 0) is 19.4 Å². The molecule has 0 heterocycles. The first kappa shape index (κ1) is 25.4. The number of halogens is 1. The van der Waals surface area contributed by atoms with Gasteiger partial charge in [-0.2, -0.15) is 0 Å². The van der Waals surface area contributed by atoms with E-state index >= 15 is 0 Å². The van der Waals surface area contributed by atoms with E-state index in [-0.39, 0.29) is 47.7 Å². The van der Waals surface area contributed by atoms with E-state index < -0.39 is 14.6 Å². The lowest BCUT2D eigenvalue weighted by molar-refractivity contribution is -0.149. The highest BCUT2D eigenvalue weighted by atomic mass is 127. The van der Waals surface area contributed by atoms with Crippen molar-refractivity contribution in [1.29, 1.82) is 0 Å². The van der Waals surface area contributed by atoms with Crippen LogP contribution in [0.25, 0.3) is 0 Å². The molecule has 0 bridgehead atoms. The average Bonchev–Trinajstić information content (AvgIpc) is 2.53. The van der Waals surface area contributed by atoms with Crippen LogP contribution >= 0.6 is 24.0 Å². The van der Waals surface area contributed by atoms with Gasteiger partial charge in [-0.1, -0.05) is 0 Å². The van der Waals surface area contributed by atoms with Crippen LogP contribution in [0.3, 0.4) is 0 Å². The molecule has 1 rings (SSSR count). The number of guanidine groups is 1. The summed E-state index contributed by atoms with van der Waals surface area (Å²) in [5.74, 6) is 0.553. The molecule has 0 aromatic carbocycles. The highest BCUT2D eigenvalue weighted by Gasteiger charge is 2.29. The summed E-state index contributed by atoms with van der Waals surface area (Å²) in [6.07, 6.45) is 3.33. The Labute approximate surface area is 175 Å². The molecule has 1 saturated carbocycles. The fourth-order valence-electron chi connectivity index (χ4n) is 2.73. The smallest absolute Gasteiger partial charge is 0.308 e. The first-order chi connectivity index (χ1) is 11.6. The Bertz CT molecular complexity index is 565. The second-order valence-electron chi connectivity index (χ2n) is 7.38. The van der Waals surface area contributed by atoms with E-state index in [0.29, 0.717) is 19.1 Å². The van der Waals surface area contributed by atoms with Gasteiger partial charge in [-0.15, -0.1) is 24.0 Å². The maximum atomic E-state index is 12.1. The van der Waals surface area contributed by atoms with Crippen LogP contribution in [0.4, 0.5) is 0 Å². The quantitative estimate of drug-likeness (QED) is 0.250. The molecule has 26 heavy (non-hydrogen) atoms. The molecule has 0 aromatic rings. The Hall–Kier alpha value is -0.580. The first-order valence-electron chi connectivity index (χ1n) is 8.96. The molecule has 0 radical (unpaired) electrons. The van der Waals surface area contributed by atoms with E-state index in [1.807, 2.05) is 6.92 Å². The van der Waals surface area contributed by atoms with Gasteiger partial charge in [0.25, 0.3) is 0 Å². The Balaban J connectivity index is 0.00000625. The number of esters is 1. The molecule has 0 aromatic heterocycles. The highest BCUT2D eigenvalue weighted by molar-refractivity contribution is 14.0. The molecule has 0 unspecified atom stereocenters. The molecule has 7 nitrogen and oxygen atoms in total. The van der Waals surface area contributed by atoms with E-state index in [1.54, 1.807) is 27.8 Å². The van der Waals surface area contributed by atoms with Gasteiger partial charge < -0.3 is 15.4 Å². The summed E-state index contributed by atoms with van der Waals surface area (Å²) in [7, 11) is -1.49. The number of carbonyl (C=O) groups excluding carboxylic acids is 1. The number of sulfone groups is 1. The molecule has 0 amide bonds. The Morgan fingerprint density at radius 1 is 1.19 bits per heavy atom. The maximum absolute atomic E-state index is 12.1. The minimum absolute atomic E-state index is 0. The number of hydrogen-bond donors (Lipinski definition) is 2. The van der Waals surface area contributed by atoms with Gasteiger partial charge >= 0.3 is 5.97 Å². The van der Waals surface area contributed by atoms with Crippen molar-refractivity contribution in [2.45, 2.75) is 64.2 Å². The third-order valence-corrected chi connectivity index (χ3v) is 7.12. The number of carbonyl (C=O) groups is 1. The zero-order chi connectivity index (χ0) is 19.1. The van der Waals surface area contributed by atoms with E-state index in [1.165, 1.54) is 0 Å². The van der Waals surface area contributed by atoms with Crippen molar-refractivity contribution in [3.8, 4) is 0 Å². The summed E-state index contributed by atoms with van der Waals surface area (Å²) in [6, 6.07) is 0.232. The van der Waals surface area contributed by atoms with Gasteiger partial charge in [-0.3, -0.25) is 9.79 Å². The zero-order valence-electron chi connectivity index (χ0n) is 16.5. The van der Waals surface area contributed by atoms with Crippen LogP contribution in [0.5, 0.6) is 0 Å². The second kappa shape index (κ2) is 11.3. The third kappa shape index (κ3) is 7.98. The van der Waals surface area contributed by atoms with E-state index in [9.17, 15) is 13.2 Å². The van der Waals surface area contributed by atoms with Crippen molar-refractivity contribution in [1.82, 2.24) is 10.6 Å². The minimum atomic E-state index is -3.15. The number of nitrogens with zero attached hydrogens (tertiary/aromatic N) is 1. The Kier molecular flexibility index (Phi) is 11.1. The van der Waals surface area contributed by atoms with Crippen molar-refractivity contribution in [3.63, 3.8) is 0 Å². The summed E-state index contributed by atoms with van der Waals surface area (Å²) in [4.78, 5) is 15.9. The molecule has 0 saturated heterocycles. The van der Waals surface area contributed by atoms with Gasteiger partial charge in [-0.05, 0) is 53.4 Å². The van der Waals surface area contributed by atoms with Crippen molar-refractivity contribution in [3.05, 3.63) is 0 Å². The van der Waals surface area contributed by atoms with Gasteiger partial charge in [0.15, 0.2) is 15.8 Å². The average molecular weight is 503 g/mol. The lowest BCUT2D eigenvalue weighted by Gasteiger charge is -2.29. The number of aliphatic imine (C=N–C) groups is 1. The third-order valence-electron chi connectivity index (χ3n) is 4.51. The van der Waals surface area contributed by atoms with Gasteiger partial charge in [0.05, 0.1) is 23.0 Å². The summed E-state index contributed by atoms with van der Waals surface area (Å²) in [6.45, 7) is 7.68. The van der Waals surface area contributed by atoms with E-state index in [4.69, 9.17) is 4.74 Å². The van der Waals surface area contributed by atoms with Crippen molar-refractivity contribution < 1.29 is 17.9 Å². The number of ether oxygens (including phenoxy) is 1. The lowest BCUT2D eigenvalue weighted by atomic mass is 9.86. The molecule has 2 N–H and O–H groups in total. The predicted molar refractivity (Wildman–Crippen MR) is 116 cm³/mol. The van der Waals surface area contributed by atoms with Crippen molar-refractivity contribution in [2.75, 3.05) is 26.0 Å². The van der Waals surface area contributed by atoms with E-state index in [2.05, 4.69) is 15.6 Å². The first-order valence-corrected chi connectivity index (χ1v) is 10.6. The van der Waals surface area contributed by atoms with Gasteiger partial charge in [0.1, 0.15) is 0 Å². The fourth-order valence-corrected chi connectivity index (χ4v) is 3.71. The highest BCUT2D eigenvalue weighted by Crippen LogP contribution is 2.25. The minimum Gasteiger partial charge on any atom is -0.466 e. The molecule has 0 aliphatic heterocycles. The Morgan fingerprint density at radius 2 is 1.77 bits per heavy atom. The standard InChI is InChI=1S/C17H33N3O4S.HI/c1-6-24-15(21)13-7-9-14(10-8-13)20-16(18-5)19-11-12-25(22,23)17(2,3)4;/h13-14H,6-12H2,1-5H3,(H2,18,19,20);1H. The molecule has 1 aliphatic rings. The van der Waals surface area contributed by atoms with E-state index in [0.717, 1.165) is 25.7 Å². The van der Waals surface area contributed by atoms with Crippen LogP contribution in [0.2, 0.25) is 0 Å². The number of nitrogens with one attached hydrogen (secondary N) is 2. The maximum Gasteiger partial charge on any atom is 0.308 e. The molecular weight excluding hydrogens is 469 g/mol. The van der Waals surface area contributed by atoms with Gasteiger partial charge in [0, 0.05) is 19.6 Å². The SMILES string of the molecule is CCOC(=O)C1CCC(NC(=NC)NCCS(=O)(=O)C(C)(C)C)CC1.I. The molecule has 0 atom stereocenters. The number of hydrogen-bond acceptors (Lipinski definition) is 5. The van der Waals surface area contributed by atoms with Crippen LogP contribution in [-0.4, -0.2) is 57.1 Å². The van der Waals surface area contributed by atoms with Crippen molar-refractivity contribution in [2.24, 2.45) is 10.9 Å². The van der Waals surface area contributed by atoms with Crippen molar-refractivity contribution >= 4 is 45.7 Å². The lowest BCUT2D eigenvalue weighted by Crippen LogP contribution is -2.47. The molecule has 154 valence electrons. The molecular formula is C17H34IN3O4S. The Morgan fingerprint density at radius 3 is 2.23 bits per heavy atom. The number of rotatable bonds is 6. The largest absolute Gasteiger partial charge is 0.466 e. The van der Waals surface area contributed by atoms with Crippen LogP contribution in [0, 0.1) is 5.92 Å². The summed E-state index contributed by atoms with van der Waals surface area (Å²) >= 11 is 0. The topological polar surface area (TPSA) is 96.9 Å². The van der Waals surface area contributed by atoms with Gasteiger partial charge in [-0.25, -0.2) is 8.42 Å². The summed E-state index contributed by atoms with van der Waals surface area (Å²) in [5.41, 5.74) is 0. The molecule has 0 spiro atoms. The van der Waals surface area contributed by atoms with Crippen LogP contribution in [0.15, 0.2) is 4.99 Å². The molecule has 1 fully saturated rings. The summed E-state index contributed by atoms with van der Waals surface area (Å²) in [5, 5.41) is 6.38. The fraction of sp³-hybridized carbons (Fsp3) is 0.882. The molecule has 1 aliphatic carbocycles. The second-order valence-corrected chi connectivity index (χ2v) is 10.2. The van der Waals surface area contributed by atoms with Gasteiger partial charge in [0.2, 0.25) is 0 Å². The van der Waals surface area contributed by atoms with Crippen LogP contribution < -0.4 is 10.6 Å². The predicted octanol–water partition coefficient (Wildman–Crippen LogP) is 2.10. The summed E-state index contributed by atoms with van der Waals surface area (Å²) < 4.78 is 28.6.